The third-order valence-corrected chi connectivity index (χ3v) is 4.43. The van der Waals surface area contributed by atoms with Crippen molar-refractivity contribution in [3.05, 3.63) is 156 Å². The Bertz CT molecular complexity index is 730. The molecule has 0 saturated carbocycles. The van der Waals surface area contributed by atoms with E-state index < -0.39 is 0 Å². The van der Waals surface area contributed by atoms with E-state index >= 15 is 0 Å². The smallest absolute Gasteiger partial charge is 0.192 e. The molecule has 0 aliphatic rings. The summed E-state index contributed by atoms with van der Waals surface area (Å²) in [5.41, 5.74) is 5.29. The van der Waals surface area contributed by atoms with Crippen LogP contribution in [0.1, 0.15) is 22.3 Å². The summed E-state index contributed by atoms with van der Waals surface area (Å²) in [6, 6.07) is 41.9. The Labute approximate surface area is 189 Å². The zero-order chi connectivity index (χ0) is 19.3. The van der Waals surface area contributed by atoms with E-state index in [1.165, 1.54) is 22.3 Å². The number of benzene rings is 4. The van der Waals surface area contributed by atoms with Crippen LogP contribution in [0.5, 0.6) is 0 Å². The first-order valence-electron chi connectivity index (χ1n) is 9.74. The van der Waals surface area contributed by atoms with Gasteiger partial charge in [-0.25, -0.2) is 0 Å². The van der Waals surface area contributed by atoms with Gasteiger partial charge in [-0.3, -0.25) is 0 Å². The first kappa shape index (κ1) is 22.6. The first-order valence-corrected chi connectivity index (χ1v) is 9.74. The minimum absolute atomic E-state index is 0. The molecule has 0 aliphatic carbocycles. The van der Waals surface area contributed by atoms with Crippen LogP contribution in [-0.4, -0.2) is 0 Å². The molecule has 0 unspecified atom stereocenters. The van der Waals surface area contributed by atoms with Crippen molar-refractivity contribution in [1.29, 1.82) is 0 Å². The second-order valence-electron chi connectivity index (χ2n) is 6.61. The van der Waals surface area contributed by atoms with Gasteiger partial charge in [0, 0.05) is 0 Å². The van der Waals surface area contributed by atoms with Gasteiger partial charge in [-0.2, -0.15) is 48.2 Å². The number of hydrogen-bond donors (Lipinski definition) is 0. The molecule has 0 fully saturated rings. The zero-order valence-electron chi connectivity index (χ0n) is 16.4. The molecule has 29 heavy (non-hydrogen) atoms. The molecule has 0 heterocycles. The van der Waals surface area contributed by atoms with Crippen LogP contribution in [0, 0.1) is 12.8 Å². The predicted octanol–water partition coefficient (Wildman–Crippen LogP) is 6.96. The molecule has 0 spiro atoms. The van der Waals surface area contributed by atoms with Crippen molar-refractivity contribution in [3.8, 4) is 0 Å². The first-order chi connectivity index (χ1) is 13.9. The average Bonchev–Trinajstić information content (AvgIpc) is 2.80. The van der Waals surface area contributed by atoms with E-state index in [1.54, 1.807) is 0 Å². The molecule has 0 amide bonds. The summed E-state index contributed by atoms with van der Waals surface area (Å²) < 4.78 is 0. The molecule has 0 nitrogen and oxygen atoms in total. The van der Waals surface area contributed by atoms with E-state index in [1.807, 2.05) is 24.3 Å². The van der Waals surface area contributed by atoms with Gasteiger partial charge in [-0.05, 0) is 0 Å². The van der Waals surface area contributed by atoms with Crippen LogP contribution in [0.4, 0.5) is 0 Å². The van der Waals surface area contributed by atoms with Crippen molar-refractivity contribution >= 4 is 0 Å². The molecular weight excluding hydrogens is 443 g/mol. The fourth-order valence-electron chi connectivity index (χ4n) is 2.88. The van der Waals surface area contributed by atoms with Crippen LogP contribution >= 0.6 is 0 Å². The van der Waals surface area contributed by atoms with E-state index in [-0.39, 0.29) is 20.4 Å². The van der Waals surface area contributed by atoms with Crippen molar-refractivity contribution in [1.82, 2.24) is 0 Å². The molecule has 148 valence electrons. The molecule has 0 aliphatic heterocycles. The van der Waals surface area contributed by atoms with E-state index in [4.69, 9.17) is 0 Å². The Balaban J connectivity index is 0.000000200. The van der Waals surface area contributed by atoms with Crippen molar-refractivity contribution in [2.45, 2.75) is 12.8 Å². The van der Waals surface area contributed by atoms with Crippen LogP contribution in [0.3, 0.4) is 0 Å². The number of rotatable bonds is 6. The zero-order valence-corrected chi connectivity index (χ0v) is 18.0. The van der Waals surface area contributed by atoms with E-state index in [0.717, 1.165) is 12.8 Å². The molecule has 0 aromatic heterocycles. The molecule has 0 bridgehead atoms. The minimum Gasteiger partial charge on any atom is -0.192 e. The van der Waals surface area contributed by atoms with Crippen molar-refractivity contribution in [2.75, 3.05) is 0 Å². The molecule has 0 N–H and O–H groups in total. The summed E-state index contributed by atoms with van der Waals surface area (Å²) >= 11 is 0. The van der Waals surface area contributed by atoms with Gasteiger partial charge in [0.2, 0.25) is 0 Å². The summed E-state index contributed by atoms with van der Waals surface area (Å²) in [7, 11) is 0. The largest absolute Gasteiger partial charge is 2.00 e. The van der Waals surface area contributed by atoms with Crippen molar-refractivity contribution in [3.63, 3.8) is 0 Å². The SMILES string of the molecule is [Pd+2].c1ccc([CH-]Cc2ccccc2)cc1.c1ccc([CH-]Cc2ccccc2)cc1. The minimum atomic E-state index is 0. The van der Waals surface area contributed by atoms with Gasteiger partial charge in [0.1, 0.15) is 0 Å². The maximum Gasteiger partial charge on any atom is 2.00 e. The van der Waals surface area contributed by atoms with Crippen LogP contribution in [0.15, 0.2) is 121 Å². The third kappa shape index (κ3) is 8.88. The molecule has 4 aromatic rings. The van der Waals surface area contributed by atoms with E-state index in [2.05, 4.69) is 110 Å². The normalized spacial score (nSPS) is 9.38. The molecule has 0 radical (unpaired) electrons. The fraction of sp³-hybridized carbons (Fsp3) is 0.0714. The summed E-state index contributed by atoms with van der Waals surface area (Å²) in [5, 5.41) is 0. The predicted molar refractivity (Wildman–Crippen MR) is 120 cm³/mol. The molecule has 4 rings (SSSR count). The van der Waals surface area contributed by atoms with Gasteiger partial charge in [0.15, 0.2) is 0 Å². The van der Waals surface area contributed by atoms with Crippen LogP contribution in [0.2, 0.25) is 0 Å². The quantitative estimate of drug-likeness (QED) is 0.212. The van der Waals surface area contributed by atoms with Crippen LogP contribution < -0.4 is 0 Å². The van der Waals surface area contributed by atoms with Gasteiger partial charge in [0.05, 0.1) is 0 Å². The topological polar surface area (TPSA) is 0 Å². The van der Waals surface area contributed by atoms with Gasteiger partial charge in [-0.15, -0.1) is 24.3 Å². The Morgan fingerprint density at radius 1 is 0.379 bits per heavy atom. The van der Waals surface area contributed by atoms with E-state index in [0.29, 0.717) is 0 Å². The Morgan fingerprint density at radius 3 is 0.966 bits per heavy atom. The van der Waals surface area contributed by atoms with Gasteiger partial charge >= 0.3 is 20.4 Å². The third-order valence-electron chi connectivity index (χ3n) is 4.43. The molecule has 4 aromatic carbocycles. The summed E-state index contributed by atoms with van der Waals surface area (Å²) in [5.74, 6) is 0. The Kier molecular flexibility index (Phi) is 10.5. The second kappa shape index (κ2) is 13.5. The number of hydrogen-bond acceptors (Lipinski definition) is 0. The monoisotopic (exact) mass is 468 g/mol. The standard InChI is InChI=1S/2C14H13.Pd/c2*1-3-7-13(8-4-1)11-12-14-9-5-2-6-10-14;/h2*1-11H,12H2;/q2*-1;+2. The van der Waals surface area contributed by atoms with Gasteiger partial charge < -0.3 is 0 Å². The summed E-state index contributed by atoms with van der Waals surface area (Å²) in [6.45, 7) is 0. The van der Waals surface area contributed by atoms with Crippen LogP contribution in [-0.2, 0) is 33.3 Å². The molecule has 1 heteroatoms. The maximum absolute atomic E-state index is 2.25. The second-order valence-corrected chi connectivity index (χ2v) is 6.61. The Hall–Kier alpha value is -2.72. The van der Waals surface area contributed by atoms with Crippen LogP contribution in [0.25, 0.3) is 0 Å². The maximum atomic E-state index is 2.25. The summed E-state index contributed by atoms with van der Waals surface area (Å²) in [6.07, 6.45) is 6.50. The fourth-order valence-corrected chi connectivity index (χ4v) is 2.88. The van der Waals surface area contributed by atoms with Gasteiger partial charge in [-0.1, -0.05) is 96.8 Å². The van der Waals surface area contributed by atoms with Gasteiger partial charge in [0.25, 0.3) is 0 Å². The van der Waals surface area contributed by atoms with E-state index in [9.17, 15) is 0 Å². The average molecular weight is 469 g/mol. The van der Waals surface area contributed by atoms with Crippen molar-refractivity contribution < 1.29 is 20.4 Å². The Morgan fingerprint density at radius 2 is 0.655 bits per heavy atom. The molecule has 0 atom stereocenters. The summed E-state index contributed by atoms with van der Waals surface area (Å²) in [4.78, 5) is 0. The molecular formula is C28H26Pd. The molecule has 0 saturated heterocycles. The van der Waals surface area contributed by atoms with Crippen molar-refractivity contribution in [2.24, 2.45) is 0 Å².